The third-order valence-electron chi connectivity index (χ3n) is 2.09. The maximum Gasteiger partial charge on any atom is 0.253 e. The molecule has 0 aromatic carbocycles. The maximum absolute atomic E-state index is 11.6. The minimum Gasteiger partial charge on any atom is -0.338 e. The van der Waals surface area contributed by atoms with Gasteiger partial charge in [-0.1, -0.05) is 12.8 Å². The fraction of sp³-hybridized carbons (Fsp3) is 0.333. The van der Waals surface area contributed by atoms with Crippen LogP contribution in [0.1, 0.15) is 29.4 Å². The molecule has 0 aliphatic carbocycles. The normalized spacial score (nSPS) is 11.5. The average Bonchev–Trinajstić information content (AvgIpc) is 2.26. The molecule has 1 aromatic heterocycles. The molecule has 15 heavy (non-hydrogen) atoms. The predicted octanol–water partition coefficient (Wildman–Crippen LogP) is 1.53. The van der Waals surface area contributed by atoms with Crippen LogP contribution in [0.4, 0.5) is 0 Å². The molecule has 3 heteroatoms. The predicted molar refractivity (Wildman–Crippen MR) is 59.4 cm³/mol. The highest BCUT2D eigenvalue weighted by molar-refractivity contribution is 5.94. The van der Waals surface area contributed by atoms with E-state index < -0.39 is 0 Å². The lowest BCUT2D eigenvalue weighted by molar-refractivity contribution is 0.0944. The lowest BCUT2D eigenvalue weighted by atomic mass is 10.2. The highest BCUT2D eigenvalue weighted by atomic mass is 16.1. The van der Waals surface area contributed by atoms with Gasteiger partial charge in [0.25, 0.3) is 5.91 Å². The first-order valence-corrected chi connectivity index (χ1v) is 4.87. The minimum absolute atomic E-state index is 0.174. The number of amides is 1. The molecular weight excluding hydrogens is 188 g/mol. The van der Waals surface area contributed by atoms with Crippen molar-refractivity contribution in [3.8, 4) is 12.3 Å². The van der Waals surface area contributed by atoms with Crippen molar-refractivity contribution in [2.75, 3.05) is 0 Å². The van der Waals surface area contributed by atoms with Crippen LogP contribution in [-0.4, -0.2) is 16.9 Å². The summed E-state index contributed by atoms with van der Waals surface area (Å²) in [7, 11) is 0. The molecule has 0 radical (unpaired) electrons. The number of pyridine rings is 1. The van der Waals surface area contributed by atoms with Gasteiger partial charge in [0.2, 0.25) is 0 Å². The summed E-state index contributed by atoms with van der Waals surface area (Å²) in [5, 5.41) is 2.74. The van der Waals surface area contributed by atoms with E-state index in [-0.39, 0.29) is 11.9 Å². The molecule has 0 fully saturated rings. The number of carbonyl (C=O) groups excluding carboxylic acids is 1. The quantitative estimate of drug-likeness (QED) is 0.755. The van der Waals surface area contributed by atoms with E-state index in [1.54, 1.807) is 18.3 Å². The standard InChI is InChI=1S/C12H14N2O/c1-4-11(5-2)14-12(15)10-7-6-9(3)13-8-10/h1,6-8,11H,5H2,2-3H3,(H,14,15). The summed E-state index contributed by atoms with van der Waals surface area (Å²) in [5.41, 5.74) is 1.42. The van der Waals surface area contributed by atoms with E-state index in [1.165, 1.54) is 0 Å². The van der Waals surface area contributed by atoms with Crippen molar-refractivity contribution < 1.29 is 4.79 Å². The summed E-state index contributed by atoms with van der Waals surface area (Å²) in [6.07, 6.45) is 7.53. The first kappa shape index (κ1) is 11.3. The number of nitrogens with zero attached hydrogens (tertiary/aromatic N) is 1. The number of hydrogen-bond donors (Lipinski definition) is 1. The van der Waals surface area contributed by atoms with Gasteiger partial charge in [-0.2, -0.15) is 0 Å². The Hall–Kier alpha value is -1.82. The highest BCUT2D eigenvalue weighted by Gasteiger charge is 2.09. The van der Waals surface area contributed by atoms with Crippen LogP contribution in [0.5, 0.6) is 0 Å². The van der Waals surface area contributed by atoms with Gasteiger partial charge in [-0.25, -0.2) is 0 Å². The van der Waals surface area contributed by atoms with Crippen LogP contribution in [-0.2, 0) is 0 Å². The van der Waals surface area contributed by atoms with Gasteiger partial charge >= 0.3 is 0 Å². The second kappa shape index (κ2) is 5.16. The topological polar surface area (TPSA) is 42.0 Å². The number of terminal acetylenes is 1. The molecule has 1 unspecified atom stereocenters. The zero-order chi connectivity index (χ0) is 11.3. The van der Waals surface area contributed by atoms with Gasteiger partial charge in [-0.15, -0.1) is 6.42 Å². The molecule has 0 bridgehead atoms. The van der Waals surface area contributed by atoms with Gasteiger partial charge < -0.3 is 5.32 Å². The molecule has 0 aliphatic rings. The Balaban J connectivity index is 2.70. The second-order valence-electron chi connectivity index (χ2n) is 3.29. The van der Waals surface area contributed by atoms with Crippen molar-refractivity contribution >= 4 is 5.91 Å². The van der Waals surface area contributed by atoms with E-state index in [0.29, 0.717) is 5.56 Å². The average molecular weight is 202 g/mol. The van der Waals surface area contributed by atoms with Crippen molar-refractivity contribution in [2.24, 2.45) is 0 Å². The summed E-state index contributed by atoms with van der Waals surface area (Å²) in [4.78, 5) is 15.7. The molecule has 1 amide bonds. The van der Waals surface area contributed by atoms with Gasteiger partial charge in [0.15, 0.2) is 0 Å². The number of nitrogens with one attached hydrogen (secondary N) is 1. The van der Waals surface area contributed by atoms with E-state index in [9.17, 15) is 4.79 Å². The summed E-state index contributed by atoms with van der Waals surface area (Å²) in [5.74, 6) is 2.34. The van der Waals surface area contributed by atoms with Crippen LogP contribution in [0.25, 0.3) is 0 Å². The van der Waals surface area contributed by atoms with E-state index in [0.717, 1.165) is 12.1 Å². The van der Waals surface area contributed by atoms with Crippen molar-refractivity contribution in [1.82, 2.24) is 10.3 Å². The Morgan fingerprint density at radius 3 is 2.87 bits per heavy atom. The summed E-state index contributed by atoms with van der Waals surface area (Å²) < 4.78 is 0. The van der Waals surface area contributed by atoms with Crippen LogP contribution < -0.4 is 5.32 Å². The fourth-order valence-corrected chi connectivity index (χ4v) is 1.11. The summed E-state index contributed by atoms with van der Waals surface area (Å²) in [6, 6.07) is 3.32. The first-order valence-electron chi connectivity index (χ1n) is 4.87. The monoisotopic (exact) mass is 202 g/mol. The van der Waals surface area contributed by atoms with Crippen molar-refractivity contribution in [3.63, 3.8) is 0 Å². The third kappa shape index (κ3) is 3.10. The van der Waals surface area contributed by atoms with Crippen molar-refractivity contribution in [1.29, 1.82) is 0 Å². The Morgan fingerprint density at radius 2 is 2.40 bits per heavy atom. The van der Waals surface area contributed by atoms with Gasteiger partial charge in [0, 0.05) is 11.9 Å². The number of rotatable bonds is 3. The molecule has 0 saturated heterocycles. The van der Waals surface area contributed by atoms with Gasteiger partial charge in [0.1, 0.15) is 0 Å². The van der Waals surface area contributed by atoms with Gasteiger partial charge in [-0.05, 0) is 25.5 Å². The molecule has 1 aromatic rings. The Bertz CT molecular complexity index is 376. The molecule has 1 rings (SSSR count). The zero-order valence-corrected chi connectivity index (χ0v) is 8.95. The summed E-state index contributed by atoms with van der Waals surface area (Å²) >= 11 is 0. The number of aryl methyl sites for hydroxylation is 1. The van der Waals surface area contributed by atoms with Crippen molar-refractivity contribution in [3.05, 3.63) is 29.6 Å². The molecule has 3 nitrogen and oxygen atoms in total. The number of hydrogen-bond acceptors (Lipinski definition) is 2. The number of aromatic nitrogens is 1. The van der Waals surface area contributed by atoms with Gasteiger partial charge in [0.05, 0.1) is 11.6 Å². The smallest absolute Gasteiger partial charge is 0.253 e. The van der Waals surface area contributed by atoms with Crippen LogP contribution >= 0.6 is 0 Å². The molecule has 1 N–H and O–H groups in total. The fourth-order valence-electron chi connectivity index (χ4n) is 1.11. The van der Waals surface area contributed by atoms with E-state index in [4.69, 9.17) is 6.42 Å². The Labute approximate surface area is 89.9 Å². The minimum atomic E-state index is -0.209. The largest absolute Gasteiger partial charge is 0.338 e. The molecular formula is C12H14N2O. The van der Waals surface area contributed by atoms with E-state index in [2.05, 4.69) is 16.2 Å². The van der Waals surface area contributed by atoms with E-state index in [1.807, 2.05) is 13.8 Å². The second-order valence-corrected chi connectivity index (χ2v) is 3.29. The highest BCUT2D eigenvalue weighted by Crippen LogP contribution is 2.00. The number of carbonyl (C=O) groups is 1. The van der Waals surface area contributed by atoms with Gasteiger partial charge in [-0.3, -0.25) is 9.78 Å². The molecule has 0 aliphatic heterocycles. The SMILES string of the molecule is C#CC(CC)NC(=O)c1ccc(C)nc1. The summed E-state index contributed by atoms with van der Waals surface area (Å²) in [6.45, 7) is 3.80. The van der Waals surface area contributed by atoms with Crippen LogP contribution in [0, 0.1) is 19.3 Å². The molecule has 0 spiro atoms. The van der Waals surface area contributed by atoms with Crippen LogP contribution in [0.15, 0.2) is 18.3 Å². The Kier molecular flexibility index (Phi) is 3.87. The lowest BCUT2D eigenvalue weighted by Gasteiger charge is -2.10. The van der Waals surface area contributed by atoms with Crippen LogP contribution in [0.3, 0.4) is 0 Å². The lowest BCUT2D eigenvalue weighted by Crippen LogP contribution is -2.33. The molecule has 0 saturated carbocycles. The molecule has 1 atom stereocenters. The third-order valence-corrected chi connectivity index (χ3v) is 2.09. The Morgan fingerprint density at radius 1 is 1.67 bits per heavy atom. The molecule has 78 valence electrons. The zero-order valence-electron chi connectivity index (χ0n) is 8.95. The first-order chi connectivity index (χ1) is 7.17. The maximum atomic E-state index is 11.6. The van der Waals surface area contributed by atoms with E-state index >= 15 is 0 Å². The van der Waals surface area contributed by atoms with Crippen molar-refractivity contribution in [2.45, 2.75) is 26.3 Å². The molecule has 1 heterocycles. The van der Waals surface area contributed by atoms with Crippen LogP contribution in [0.2, 0.25) is 0 Å².